The van der Waals surface area contributed by atoms with Gasteiger partial charge in [-0.3, -0.25) is 14.9 Å². The first-order valence-corrected chi connectivity index (χ1v) is 9.72. The monoisotopic (exact) mass is 381 g/mol. The van der Waals surface area contributed by atoms with Gasteiger partial charge < -0.3 is 9.80 Å². The van der Waals surface area contributed by atoms with Gasteiger partial charge >= 0.3 is 0 Å². The van der Waals surface area contributed by atoms with Gasteiger partial charge in [0.25, 0.3) is 5.69 Å². The lowest BCUT2D eigenvalue weighted by Gasteiger charge is -2.32. The number of likely N-dealkylation sites (tertiary alicyclic amines) is 1. The van der Waals surface area contributed by atoms with Crippen molar-refractivity contribution in [3.05, 3.63) is 75.3 Å². The van der Waals surface area contributed by atoms with Crippen LogP contribution in [0, 0.1) is 17.0 Å². The van der Waals surface area contributed by atoms with Crippen molar-refractivity contribution in [2.24, 2.45) is 0 Å². The molecule has 148 valence electrons. The molecule has 2 aromatic rings. The van der Waals surface area contributed by atoms with E-state index in [-0.39, 0.29) is 24.1 Å². The summed E-state index contributed by atoms with van der Waals surface area (Å²) in [4.78, 5) is 28.0. The largest absolute Gasteiger partial charge is 0.337 e. The van der Waals surface area contributed by atoms with Crippen molar-refractivity contribution in [2.75, 3.05) is 26.7 Å². The van der Waals surface area contributed by atoms with Crippen LogP contribution in [-0.4, -0.2) is 47.3 Å². The number of nitro groups is 1. The van der Waals surface area contributed by atoms with E-state index in [1.165, 1.54) is 18.9 Å². The molecular weight excluding hydrogens is 354 g/mol. The first kappa shape index (κ1) is 20.0. The fourth-order valence-corrected chi connectivity index (χ4v) is 3.84. The average molecular weight is 381 g/mol. The van der Waals surface area contributed by atoms with Crippen LogP contribution >= 0.6 is 0 Å². The maximum Gasteiger partial charge on any atom is 0.273 e. The molecule has 0 saturated carbocycles. The number of rotatable bonds is 7. The molecule has 1 unspecified atom stereocenters. The molecule has 1 saturated heterocycles. The molecule has 2 aromatic carbocycles. The third-order valence-corrected chi connectivity index (χ3v) is 5.45. The molecule has 1 amide bonds. The van der Waals surface area contributed by atoms with Gasteiger partial charge in [-0.25, -0.2) is 0 Å². The summed E-state index contributed by atoms with van der Waals surface area (Å²) in [7, 11) is 1.81. The highest BCUT2D eigenvalue weighted by Gasteiger charge is 2.27. The van der Waals surface area contributed by atoms with E-state index in [2.05, 4.69) is 17.0 Å². The minimum Gasteiger partial charge on any atom is -0.337 e. The number of likely N-dealkylation sites (N-methyl/N-ethyl adjacent to an activating group) is 1. The molecule has 3 rings (SSSR count). The van der Waals surface area contributed by atoms with Gasteiger partial charge in [-0.1, -0.05) is 48.0 Å². The number of nitro benzene ring substituents is 1. The minimum atomic E-state index is -0.426. The molecule has 1 atom stereocenters. The van der Waals surface area contributed by atoms with E-state index in [0.29, 0.717) is 5.56 Å². The highest BCUT2D eigenvalue weighted by molar-refractivity contribution is 5.80. The molecule has 0 radical (unpaired) electrons. The second-order valence-corrected chi connectivity index (χ2v) is 7.50. The Hall–Kier alpha value is -2.73. The summed E-state index contributed by atoms with van der Waals surface area (Å²) in [5.74, 6) is -0.111. The van der Waals surface area contributed by atoms with Crippen LogP contribution in [0.2, 0.25) is 0 Å². The molecule has 0 aromatic heterocycles. The number of para-hydroxylation sites is 1. The van der Waals surface area contributed by atoms with Crippen LogP contribution in [0.3, 0.4) is 0 Å². The van der Waals surface area contributed by atoms with Crippen LogP contribution in [0.1, 0.15) is 35.6 Å². The predicted octanol–water partition coefficient (Wildman–Crippen LogP) is 3.74. The van der Waals surface area contributed by atoms with Gasteiger partial charge in [-0.15, -0.1) is 0 Å². The summed E-state index contributed by atoms with van der Waals surface area (Å²) in [6.45, 7) is 4.93. The maximum atomic E-state index is 13.0. The fraction of sp³-hybridized carbons (Fsp3) is 0.409. The number of amides is 1. The van der Waals surface area contributed by atoms with Gasteiger partial charge in [-0.2, -0.15) is 0 Å². The van der Waals surface area contributed by atoms with Crippen molar-refractivity contribution < 1.29 is 9.72 Å². The zero-order valence-electron chi connectivity index (χ0n) is 16.5. The Kier molecular flexibility index (Phi) is 6.41. The number of aryl methyl sites for hydroxylation is 1. The summed E-state index contributed by atoms with van der Waals surface area (Å²) in [5, 5.41) is 11.3. The van der Waals surface area contributed by atoms with E-state index >= 15 is 0 Å². The lowest BCUT2D eigenvalue weighted by Crippen LogP contribution is -2.39. The number of hydrogen-bond donors (Lipinski definition) is 0. The van der Waals surface area contributed by atoms with Crippen LogP contribution in [0.15, 0.2) is 48.5 Å². The Labute approximate surface area is 165 Å². The standard InChI is InChI=1S/C22H27N3O3/c1-17-8-7-10-18(14-17)21(16-24-12-5-6-13-24)23(2)22(26)15-19-9-3-4-11-20(19)25(27)28/h3-4,7-11,14,21H,5-6,12-13,15-16H2,1-2H3. The first-order valence-electron chi connectivity index (χ1n) is 9.72. The number of carbonyl (C=O) groups is 1. The summed E-state index contributed by atoms with van der Waals surface area (Å²) < 4.78 is 0. The van der Waals surface area contributed by atoms with Gasteiger partial charge in [0.2, 0.25) is 5.91 Å². The third-order valence-electron chi connectivity index (χ3n) is 5.45. The van der Waals surface area contributed by atoms with Gasteiger partial charge in [0.15, 0.2) is 0 Å². The number of hydrogen-bond acceptors (Lipinski definition) is 4. The van der Waals surface area contributed by atoms with Crippen LogP contribution in [-0.2, 0) is 11.2 Å². The number of carbonyl (C=O) groups excluding carboxylic acids is 1. The molecule has 0 bridgehead atoms. The molecule has 1 aliphatic rings. The van der Waals surface area contributed by atoms with Gasteiger partial charge in [0.1, 0.15) is 0 Å². The molecule has 1 heterocycles. The Morgan fingerprint density at radius 1 is 1.18 bits per heavy atom. The third kappa shape index (κ3) is 4.75. The highest BCUT2D eigenvalue weighted by Crippen LogP contribution is 2.26. The van der Waals surface area contributed by atoms with E-state index in [9.17, 15) is 14.9 Å². The second-order valence-electron chi connectivity index (χ2n) is 7.50. The molecule has 6 nitrogen and oxygen atoms in total. The maximum absolute atomic E-state index is 13.0. The Balaban J connectivity index is 1.82. The molecule has 1 fully saturated rings. The molecule has 0 spiro atoms. The summed E-state index contributed by atoms with van der Waals surface area (Å²) >= 11 is 0. The van der Waals surface area contributed by atoms with Crippen molar-refractivity contribution in [2.45, 2.75) is 32.2 Å². The quantitative estimate of drug-likeness (QED) is 0.541. The van der Waals surface area contributed by atoms with Crippen molar-refractivity contribution in [1.82, 2.24) is 9.80 Å². The van der Waals surface area contributed by atoms with Crippen LogP contribution in [0.25, 0.3) is 0 Å². The normalized spacial score (nSPS) is 15.4. The molecular formula is C22H27N3O3. The molecule has 6 heteroatoms. The topological polar surface area (TPSA) is 66.7 Å². The summed E-state index contributed by atoms with van der Waals surface area (Å²) in [5.41, 5.74) is 2.71. The van der Waals surface area contributed by atoms with Crippen LogP contribution < -0.4 is 0 Å². The van der Waals surface area contributed by atoms with Crippen molar-refractivity contribution >= 4 is 11.6 Å². The molecule has 28 heavy (non-hydrogen) atoms. The van der Waals surface area contributed by atoms with Crippen molar-refractivity contribution in [3.63, 3.8) is 0 Å². The first-order chi connectivity index (χ1) is 13.5. The van der Waals surface area contributed by atoms with Gasteiger partial charge in [-0.05, 0) is 38.4 Å². The fourth-order valence-electron chi connectivity index (χ4n) is 3.84. The van der Waals surface area contributed by atoms with Crippen molar-refractivity contribution in [1.29, 1.82) is 0 Å². The SMILES string of the molecule is Cc1cccc(C(CN2CCCC2)N(C)C(=O)Cc2ccccc2[N+](=O)[O-])c1. The van der Waals surface area contributed by atoms with E-state index in [1.807, 2.05) is 19.1 Å². The molecule has 1 aliphatic heterocycles. The summed E-state index contributed by atoms with van der Waals surface area (Å²) in [6.07, 6.45) is 2.40. The zero-order valence-corrected chi connectivity index (χ0v) is 16.5. The van der Waals surface area contributed by atoms with Crippen molar-refractivity contribution in [3.8, 4) is 0 Å². The minimum absolute atomic E-state index is 0.00380. The molecule has 0 aliphatic carbocycles. The van der Waals surface area contributed by atoms with E-state index in [1.54, 1.807) is 30.1 Å². The van der Waals surface area contributed by atoms with Gasteiger partial charge in [0, 0.05) is 25.2 Å². The summed E-state index contributed by atoms with van der Waals surface area (Å²) in [6, 6.07) is 14.6. The lowest BCUT2D eigenvalue weighted by atomic mass is 10.0. The zero-order chi connectivity index (χ0) is 20.1. The molecule has 0 N–H and O–H groups in total. The smallest absolute Gasteiger partial charge is 0.273 e. The predicted molar refractivity (Wildman–Crippen MR) is 109 cm³/mol. The van der Waals surface area contributed by atoms with Crippen LogP contribution in [0.5, 0.6) is 0 Å². The number of nitrogens with zero attached hydrogens (tertiary/aromatic N) is 3. The Morgan fingerprint density at radius 3 is 2.57 bits per heavy atom. The van der Waals surface area contributed by atoms with E-state index in [0.717, 1.165) is 30.8 Å². The lowest BCUT2D eigenvalue weighted by molar-refractivity contribution is -0.385. The van der Waals surface area contributed by atoms with Crippen LogP contribution in [0.4, 0.5) is 5.69 Å². The number of benzene rings is 2. The Bertz CT molecular complexity index is 846. The Morgan fingerprint density at radius 2 is 1.89 bits per heavy atom. The van der Waals surface area contributed by atoms with E-state index < -0.39 is 4.92 Å². The van der Waals surface area contributed by atoms with E-state index in [4.69, 9.17) is 0 Å². The average Bonchev–Trinajstić information content (AvgIpc) is 3.19. The van der Waals surface area contributed by atoms with Gasteiger partial charge in [0.05, 0.1) is 17.4 Å². The highest BCUT2D eigenvalue weighted by atomic mass is 16.6. The second kappa shape index (κ2) is 8.97.